The third kappa shape index (κ3) is 4.71. The maximum absolute atomic E-state index is 11.8. The second-order valence-corrected chi connectivity index (χ2v) is 4.11. The Morgan fingerprint density at radius 3 is 2.72 bits per heavy atom. The molecule has 2 N–H and O–H groups in total. The molecule has 100 valence electrons. The van der Waals surface area contributed by atoms with E-state index >= 15 is 0 Å². The number of nitrogens with zero attached hydrogens (tertiary/aromatic N) is 2. The van der Waals surface area contributed by atoms with Gasteiger partial charge in [-0.2, -0.15) is 0 Å². The molecule has 0 radical (unpaired) electrons. The zero-order valence-electron chi connectivity index (χ0n) is 11.4. The molecule has 1 aromatic rings. The van der Waals surface area contributed by atoms with Crippen molar-refractivity contribution in [3.05, 3.63) is 24.0 Å². The Hall–Kier alpha value is -1.62. The van der Waals surface area contributed by atoms with Crippen molar-refractivity contribution in [2.24, 2.45) is 0 Å². The minimum atomic E-state index is -0.123. The van der Waals surface area contributed by atoms with E-state index in [1.54, 1.807) is 12.3 Å². The minimum Gasteiger partial charge on any atom is -0.384 e. The first kappa shape index (κ1) is 14.4. The molecule has 1 rings (SSSR count). The zero-order chi connectivity index (χ0) is 13.4. The van der Waals surface area contributed by atoms with E-state index in [0.717, 1.165) is 25.3 Å². The molecule has 5 nitrogen and oxygen atoms in total. The van der Waals surface area contributed by atoms with Crippen LogP contribution in [0.3, 0.4) is 0 Å². The van der Waals surface area contributed by atoms with E-state index < -0.39 is 0 Å². The second-order valence-electron chi connectivity index (χ2n) is 4.11. The smallest absolute Gasteiger partial charge is 0.269 e. The van der Waals surface area contributed by atoms with Crippen LogP contribution in [0.25, 0.3) is 0 Å². The maximum atomic E-state index is 11.8. The molecule has 0 spiro atoms. The molecule has 0 aromatic carbocycles. The number of rotatable bonds is 7. The highest BCUT2D eigenvalue weighted by molar-refractivity contribution is 5.92. The second kappa shape index (κ2) is 7.66. The molecule has 5 heteroatoms. The summed E-state index contributed by atoms with van der Waals surface area (Å²) in [7, 11) is 2.02. The summed E-state index contributed by atoms with van der Waals surface area (Å²) in [6, 6.07) is 3.60. The number of amides is 1. The van der Waals surface area contributed by atoms with Gasteiger partial charge in [0.15, 0.2) is 0 Å². The van der Waals surface area contributed by atoms with E-state index in [9.17, 15) is 4.79 Å². The molecular weight excluding hydrogens is 228 g/mol. The Labute approximate surface area is 109 Å². The van der Waals surface area contributed by atoms with Crippen LogP contribution in [0.5, 0.6) is 0 Å². The fourth-order valence-corrected chi connectivity index (χ4v) is 1.45. The zero-order valence-corrected chi connectivity index (χ0v) is 11.4. The van der Waals surface area contributed by atoms with E-state index in [1.807, 2.05) is 20.0 Å². The van der Waals surface area contributed by atoms with Crippen LogP contribution in [0.1, 0.15) is 24.3 Å². The van der Waals surface area contributed by atoms with Crippen molar-refractivity contribution in [2.75, 3.05) is 38.5 Å². The van der Waals surface area contributed by atoms with Gasteiger partial charge in [0.25, 0.3) is 5.91 Å². The van der Waals surface area contributed by atoms with Gasteiger partial charge in [-0.1, -0.05) is 6.92 Å². The van der Waals surface area contributed by atoms with Gasteiger partial charge in [0, 0.05) is 19.6 Å². The summed E-state index contributed by atoms with van der Waals surface area (Å²) >= 11 is 0. The quantitative estimate of drug-likeness (QED) is 0.763. The van der Waals surface area contributed by atoms with Gasteiger partial charge in [-0.05, 0) is 32.6 Å². The molecule has 18 heavy (non-hydrogen) atoms. The number of likely N-dealkylation sites (N-methyl/N-ethyl adjacent to an activating group) is 1. The molecule has 0 saturated heterocycles. The number of pyridine rings is 1. The SMILES string of the molecule is CCNc1ccc(C(=O)NCCN(C)CC)nc1. The fourth-order valence-electron chi connectivity index (χ4n) is 1.45. The molecule has 0 unspecified atom stereocenters. The lowest BCUT2D eigenvalue weighted by molar-refractivity contribution is 0.0945. The number of carbonyl (C=O) groups is 1. The van der Waals surface area contributed by atoms with Gasteiger partial charge < -0.3 is 15.5 Å². The summed E-state index contributed by atoms with van der Waals surface area (Å²) in [5.41, 5.74) is 1.38. The Bertz CT molecular complexity index is 364. The highest BCUT2D eigenvalue weighted by Crippen LogP contribution is 2.05. The van der Waals surface area contributed by atoms with Gasteiger partial charge in [-0.25, -0.2) is 4.98 Å². The van der Waals surface area contributed by atoms with Crippen LogP contribution in [-0.2, 0) is 0 Å². The molecule has 0 aliphatic rings. The maximum Gasteiger partial charge on any atom is 0.269 e. The number of hydrogen-bond acceptors (Lipinski definition) is 4. The normalized spacial score (nSPS) is 10.4. The highest BCUT2D eigenvalue weighted by Gasteiger charge is 2.06. The number of anilines is 1. The molecular formula is C13H22N4O. The van der Waals surface area contributed by atoms with Crippen LogP contribution in [-0.4, -0.2) is 49.0 Å². The van der Waals surface area contributed by atoms with E-state index in [1.165, 1.54) is 0 Å². The lowest BCUT2D eigenvalue weighted by atomic mass is 10.3. The van der Waals surface area contributed by atoms with Crippen LogP contribution in [0.15, 0.2) is 18.3 Å². The van der Waals surface area contributed by atoms with Crippen molar-refractivity contribution in [3.8, 4) is 0 Å². The van der Waals surface area contributed by atoms with Crippen LogP contribution >= 0.6 is 0 Å². The number of hydrogen-bond donors (Lipinski definition) is 2. The van der Waals surface area contributed by atoms with Crippen LogP contribution in [0.4, 0.5) is 5.69 Å². The third-order valence-electron chi connectivity index (χ3n) is 2.70. The largest absolute Gasteiger partial charge is 0.384 e. The molecule has 1 aromatic heterocycles. The third-order valence-corrected chi connectivity index (χ3v) is 2.70. The van der Waals surface area contributed by atoms with Crippen LogP contribution in [0.2, 0.25) is 0 Å². The van der Waals surface area contributed by atoms with Gasteiger partial charge in [-0.3, -0.25) is 4.79 Å². The molecule has 0 aliphatic carbocycles. The molecule has 0 atom stereocenters. The summed E-state index contributed by atoms with van der Waals surface area (Å²) in [5.74, 6) is -0.123. The Balaban J connectivity index is 2.41. The summed E-state index contributed by atoms with van der Waals surface area (Å²) in [6.45, 7) is 7.41. The molecule has 0 saturated carbocycles. The lowest BCUT2D eigenvalue weighted by Crippen LogP contribution is -2.33. The molecule has 0 bridgehead atoms. The van der Waals surface area contributed by atoms with Gasteiger partial charge in [0.05, 0.1) is 11.9 Å². The van der Waals surface area contributed by atoms with Gasteiger partial charge >= 0.3 is 0 Å². The van der Waals surface area contributed by atoms with Crippen molar-refractivity contribution in [1.82, 2.24) is 15.2 Å². The standard InChI is InChI=1S/C13H22N4O/c1-4-14-11-6-7-12(16-10-11)13(18)15-8-9-17(3)5-2/h6-7,10,14H,4-5,8-9H2,1-3H3,(H,15,18). The Morgan fingerprint density at radius 2 is 2.17 bits per heavy atom. The summed E-state index contributed by atoms with van der Waals surface area (Å²) < 4.78 is 0. The Kier molecular flexibility index (Phi) is 6.14. The fraction of sp³-hybridized carbons (Fsp3) is 0.538. The van der Waals surface area contributed by atoms with E-state index in [-0.39, 0.29) is 5.91 Å². The van der Waals surface area contributed by atoms with Crippen LogP contribution < -0.4 is 10.6 Å². The predicted octanol–water partition coefficient (Wildman–Crippen LogP) is 1.19. The predicted molar refractivity (Wildman–Crippen MR) is 73.9 cm³/mol. The molecule has 0 fully saturated rings. The van der Waals surface area contributed by atoms with Crippen molar-refractivity contribution in [3.63, 3.8) is 0 Å². The number of carbonyl (C=O) groups excluding carboxylic acids is 1. The molecule has 0 aliphatic heterocycles. The monoisotopic (exact) mass is 250 g/mol. The van der Waals surface area contributed by atoms with Gasteiger partial charge in [0.1, 0.15) is 5.69 Å². The summed E-state index contributed by atoms with van der Waals surface area (Å²) in [6.07, 6.45) is 1.68. The van der Waals surface area contributed by atoms with Crippen molar-refractivity contribution < 1.29 is 4.79 Å². The average molecular weight is 250 g/mol. The average Bonchev–Trinajstić information content (AvgIpc) is 2.39. The highest BCUT2D eigenvalue weighted by atomic mass is 16.1. The first-order chi connectivity index (χ1) is 8.67. The lowest BCUT2D eigenvalue weighted by Gasteiger charge is -2.13. The topological polar surface area (TPSA) is 57.3 Å². The molecule has 1 heterocycles. The summed E-state index contributed by atoms with van der Waals surface area (Å²) in [5, 5.41) is 5.99. The van der Waals surface area contributed by atoms with Gasteiger partial charge in [0.2, 0.25) is 0 Å². The summed E-state index contributed by atoms with van der Waals surface area (Å²) in [4.78, 5) is 18.0. The van der Waals surface area contributed by atoms with Gasteiger partial charge in [-0.15, -0.1) is 0 Å². The van der Waals surface area contributed by atoms with E-state index in [0.29, 0.717) is 12.2 Å². The van der Waals surface area contributed by atoms with E-state index in [4.69, 9.17) is 0 Å². The number of aromatic nitrogens is 1. The van der Waals surface area contributed by atoms with E-state index in [2.05, 4.69) is 27.4 Å². The molecule has 1 amide bonds. The van der Waals surface area contributed by atoms with Crippen molar-refractivity contribution >= 4 is 11.6 Å². The number of nitrogens with one attached hydrogen (secondary N) is 2. The van der Waals surface area contributed by atoms with Crippen LogP contribution in [0, 0.1) is 0 Å². The Morgan fingerprint density at radius 1 is 1.39 bits per heavy atom. The first-order valence-corrected chi connectivity index (χ1v) is 6.34. The van der Waals surface area contributed by atoms with Crippen molar-refractivity contribution in [1.29, 1.82) is 0 Å². The first-order valence-electron chi connectivity index (χ1n) is 6.34. The minimum absolute atomic E-state index is 0.123. The van der Waals surface area contributed by atoms with Crippen molar-refractivity contribution in [2.45, 2.75) is 13.8 Å².